The maximum Gasteiger partial charge on any atom is 0.102 e. The molecule has 3 heteroatoms. The van der Waals surface area contributed by atoms with Gasteiger partial charge in [0, 0.05) is 0 Å². The van der Waals surface area contributed by atoms with E-state index in [0.717, 1.165) is 11.0 Å². The topological polar surface area (TPSA) is 50.2 Å². The third-order valence-electron chi connectivity index (χ3n) is 3.53. The largest absolute Gasteiger partial charge is 0.870 e. The number of unbranched alkanes of at least 4 members (excludes halogenated alkanes) is 3. The molecule has 106 valence electrons. The second-order valence-corrected chi connectivity index (χ2v) is 5.02. The zero-order valence-corrected chi connectivity index (χ0v) is 12.1. The van der Waals surface area contributed by atoms with Gasteiger partial charge in [0.2, 0.25) is 0 Å². The quantitative estimate of drug-likeness (QED) is 0.571. The predicted octanol–water partition coefficient (Wildman–Crippen LogP) is 3.02. The monoisotopic (exact) mass is 247 g/mol. The molecule has 0 atom stereocenters. The number of quaternary nitrogens is 1. The van der Waals surface area contributed by atoms with Crippen LogP contribution in [0.2, 0.25) is 0 Å². The van der Waals surface area contributed by atoms with Crippen LogP contribution in [0.5, 0.6) is 0 Å². The lowest BCUT2D eigenvalue weighted by atomic mass is 10.1. The molecule has 0 saturated heterocycles. The van der Waals surface area contributed by atoms with Crippen molar-refractivity contribution in [1.29, 1.82) is 0 Å². The Bertz CT molecular complexity index is 129. The first-order valence-corrected chi connectivity index (χ1v) is 7.20. The molecule has 3 nitrogen and oxygen atoms in total. The maximum absolute atomic E-state index is 9.28. The van der Waals surface area contributed by atoms with Crippen molar-refractivity contribution in [3.63, 3.8) is 0 Å². The molecule has 0 spiro atoms. The van der Waals surface area contributed by atoms with Crippen LogP contribution in [0, 0.1) is 0 Å². The van der Waals surface area contributed by atoms with E-state index in [1.54, 1.807) is 0 Å². The molecule has 0 bridgehead atoms. The highest BCUT2D eigenvalue weighted by atomic mass is 16.3. The molecule has 0 aliphatic heterocycles. The minimum Gasteiger partial charge on any atom is -0.870 e. The minimum atomic E-state index is 0. The Kier molecular flexibility index (Phi) is 14.0. The normalized spacial score (nSPS) is 11.3. The number of aliphatic hydroxyl groups excluding tert-OH is 1. The summed E-state index contributed by atoms with van der Waals surface area (Å²) >= 11 is 0. The van der Waals surface area contributed by atoms with E-state index in [1.165, 1.54) is 58.2 Å². The zero-order valence-electron chi connectivity index (χ0n) is 12.1. The molecule has 0 aliphatic rings. The number of hydrogen-bond acceptors (Lipinski definition) is 2. The van der Waals surface area contributed by atoms with Gasteiger partial charge < -0.3 is 15.1 Å². The van der Waals surface area contributed by atoms with Crippen molar-refractivity contribution in [3.8, 4) is 0 Å². The Morgan fingerprint density at radius 1 is 0.706 bits per heavy atom. The summed E-state index contributed by atoms with van der Waals surface area (Å²) in [6, 6.07) is 0. The molecule has 0 unspecified atom stereocenters. The van der Waals surface area contributed by atoms with Crippen molar-refractivity contribution >= 4 is 0 Å². The molecular formula is C14H33NO2. The molecular weight excluding hydrogens is 214 g/mol. The van der Waals surface area contributed by atoms with Gasteiger partial charge in [0.05, 0.1) is 26.2 Å². The van der Waals surface area contributed by atoms with Crippen molar-refractivity contribution in [1.82, 2.24) is 0 Å². The van der Waals surface area contributed by atoms with Gasteiger partial charge in [-0.05, 0) is 19.3 Å². The Morgan fingerprint density at radius 3 is 1.29 bits per heavy atom. The Balaban J connectivity index is 0. The van der Waals surface area contributed by atoms with E-state index in [9.17, 15) is 5.11 Å². The van der Waals surface area contributed by atoms with E-state index < -0.39 is 0 Å². The molecule has 0 aromatic rings. The Morgan fingerprint density at radius 2 is 1.06 bits per heavy atom. The molecule has 0 radical (unpaired) electrons. The highest BCUT2D eigenvalue weighted by Gasteiger charge is 2.24. The average Bonchev–Trinajstić information content (AvgIpc) is 2.31. The number of aliphatic hydroxyl groups is 1. The van der Waals surface area contributed by atoms with Gasteiger partial charge in [-0.2, -0.15) is 0 Å². The molecule has 0 amide bonds. The smallest absolute Gasteiger partial charge is 0.102 e. The van der Waals surface area contributed by atoms with Crippen LogP contribution in [0.4, 0.5) is 0 Å². The van der Waals surface area contributed by atoms with E-state index in [-0.39, 0.29) is 5.48 Å². The Labute approximate surface area is 108 Å². The van der Waals surface area contributed by atoms with Crippen molar-refractivity contribution in [2.75, 3.05) is 32.8 Å². The van der Waals surface area contributed by atoms with Crippen molar-refractivity contribution in [3.05, 3.63) is 0 Å². The van der Waals surface area contributed by atoms with Crippen LogP contribution >= 0.6 is 0 Å². The summed E-state index contributed by atoms with van der Waals surface area (Å²) < 4.78 is 1.16. The van der Waals surface area contributed by atoms with Gasteiger partial charge in [-0.3, -0.25) is 0 Å². The molecule has 0 rings (SSSR count). The molecule has 2 N–H and O–H groups in total. The molecule has 0 fully saturated rings. The fraction of sp³-hybridized carbons (Fsp3) is 1.00. The molecule has 17 heavy (non-hydrogen) atoms. The fourth-order valence-corrected chi connectivity index (χ4v) is 2.36. The van der Waals surface area contributed by atoms with Crippen LogP contribution < -0.4 is 0 Å². The van der Waals surface area contributed by atoms with E-state index in [1.807, 2.05) is 0 Å². The van der Waals surface area contributed by atoms with Crippen molar-refractivity contribution < 1.29 is 15.1 Å². The molecule has 0 aromatic carbocycles. The molecule has 0 aliphatic carbocycles. The van der Waals surface area contributed by atoms with Gasteiger partial charge in [0.1, 0.15) is 6.54 Å². The number of rotatable bonds is 11. The summed E-state index contributed by atoms with van der Waals surface area (Å²) in [5.74, 6) is 0. The van der Waals surface area contributed by atoms with Gasteiger partial charge in [-0.1, -0.05) is 40.0 Å². The van der Waals surface area contributed by atoms with Crippen LogP contribution in [0.25, 0.3) is 0 Å². The summed E-state index contributed by atoms with van der Waals surface area (Å²) in [4.78, 5) is 0. The van der Waals surface area contributed by atoms with Gasteiger partial charge in [-0.25, -0.2) is 0 Å². The van der Waals surface area contributed by atoms with Crippen LogP contribution in [0.1, 0.15) is 59.3 Å². The zero-order chi connectivity index (χ0) is 12.3. The second-order valence-electron chi connectivity index (χ2n) is 5.02. The van der Waals surface area contributed by atoms with E-state index in [4.69, 9.17) is 0 Å². The first kappa shape index (κ1) is 19.2. The summed E-state index contributed by atoms with van der Waals surface area (Å²) in [5, 5.41) is 9.28. The summed E-state index contributed by atoms with van der Waals surface area (Å²) in [6.45, 7) is 11.9. The molecule has 0 saturated carbocycles. The lowest BCUT2D eigenvalue weighted by Crippen LogP contribution is -2.51. The van der Waals surface area contributed by atoms with Crippen LogP contribution in [-0.2, 0) is 0 Å². The van der Waals surface area contributed by atoms with Crippen molar-refractivity contribution in [2.24, 2.45) is 0 Å². The van der Waals surface area contributed by atoms with Gasteiger partial charge in [0.15, 0.2) is 0 Å². The molecule has 0 heterocycles. The van der Waals surface area contributed by atoms with Gasteiger partial charge >= 0.3 is 0 Å². The minimum absolute atomic E-state index is 0. The van der Waals surface area contributed by atoms with Gasteiger partial charge in [-0.15, -0.1) is 0 Å². The maximum atomic E-state index is 9.28. The summed E-state index contributed by atoms with van der Waals surface area (Å²) in [7, 11) is 0. The second kappa shape index (κ2) is 12.3. The third kappa shape index (κ3) is 8.58. The fourth-order valence-electron chi connectivity index (χ4n) is 2.36. The summed E-state index contributed by atoms with van der Waals surface area (Å²) in [6.07, 6.45) is 7.70. The highest BCUT2D eigenvalue weighted by Crippen LogP contribution is 2.14. The third-order valence-corrected chi connectivity index (χ3v) is 3.53. The predicted molar refractivity (Wildman–Crippen MR) is 73.5 cm³/mol. The lowest BCUT2D eigenvalue weighted by Gasteiger charge is -2.38. The van der Waals surface area contributed by atoms with E-state index >= 15 is 0 Å². The standard InChI is InChI=1S/C14H32NO.H2O/c1-4-7-10-15(13-14-16,11-8-5-2)12-9-6-3;/h16H,4-14H2,1-3H3;1H2/q+1;/p-1. The number of hydrogen-bond donors (Lipinski definition) is 1. The SMILES string of the molecule is CCCC[N+](CCO)(CCCC)CCCC.[OH-]. The number of nitrogens with zero attached hydrogens (tertiary/aromatic N) is 1. The van der Waals surface area contributed by atoms with E-state index in [0.29, 0.717) is 6.61 Å². The average molecular weight is 247 g/mol. The lowest BCUT2D eigenvalue weighted by molar-refractivity contribution is -0.929. The highest BCUT2D eigenvalue weighted by molar-refractivity contribution is 4.48. The first-order chi connectivity index (χ1) is 7.74. The van der Waals surface area contributed by atoms with Crippen molar-refractivity contribution in [2.45, 2.75) is 59.3 Å². The van der Waals surface area contributed by atoms with Crippen LogP contribution in [0.3, 0.4) is 0 Å². The summed E-state index contributed by atoms with van der Waals surface area (Å²) in [5.41, 5.74) is 0. The van der Waals surface area contributed by atoms with Gasteiger partial charge in [0.25, 0.3) is 0 Å². The van der Waals surface area contributed by atoms with E-state index in [2.05, 4.69) is 20.8 Å². The Hall–Kier alpha value is -0.120. The molecule has 0 aromatic heterocycles. The van der Waals surface area contributed by atoms with Crippen LogP contribution in [0.15, 0.2) is 0 Å². The van der Waals surface area contributed by atoms with Crippen LogP contribution in [-0.4, -0.2) is 47.9 Å². The first-order valence-electron chi connectivity index (χ1n) is 7.20.